The minimum atomic E-state index is -0.973. The zero-order valence-electron chi connectivity index (χ0n) is 14.8. The SMILES string of the molecule is CCOC(=O)C(C)(CC)Oc1ccc(CNc2ccc(Cl)cc2)cc1. The van der Waals surface area contributed by atoms with Crippen molar-refractivity contribution in [3.63, 3.8) is 0 Å². The summed E-state index contributed by atoms with van der Waals surface area (Å²) in [6.45, 7) is 6.47. The van der Waals surface area contributed by atoms with Gasteiger partial charge in [0.05, 0.1) is 6.61 Å². The number of anilines is 1. The third kappa shape index (κ3) is 5.40. The third-order valence-electron chi connectivity index (χ3n) is 3.99. The number of ether oxygens (including phenoxy) is 2. The highest BCUT2D eigenvalue weighted by Crippen LogP contribution is 2.23. The van der Waals surface area contributed by atoms with Gasteiger partial charge < -0.3 is 14.8 Å². The van der Waals surface area contributed by atoms with Crippen molar-refractivity contribution in [2.75, 3.05) is 11.9 Å². The Morgan fingerprint density at radius 1 is 1.08 bits per heavy atom. The molecule has 1 unspecified atom stereocenters. The van der Waals surface area contributed by atoms with E-state index in [1.165, 1.54) is 0 Å². The van der Waals surface area contributed by atoms with Gasteiger partial charge in [0.2, 0.25) is 5.60 Å². The van der Waals surface area contributed by atoms with Crippen molar-refractivity contribution in [3.05, 3.63) is 59.1 Å². The molecule has 0 aromatic heterocycles. The first-order chi connectivity index (χ1) is 12.0. The van der Waals surface area contributed by atoms with Crippen molar-refractivity contribution in [2.24, 2.45) is 0 Å². The van der Waals surface area contributed by atoms with Gasteiger partial charge in [0.25, 0.3) is 0 Å². The van der Waals surface area contributed by atoms with Crippen LogP contribution in [0.15, 0.2) is 48.5 Å². The molecule has 2 rings (SSSR count). The lowest BCUT2D eigenvalue weighted by Gasteiger charge is -2.27. The van der Waals surface area contributed by atoms with Gasteiger partial charge in [0.15, 0.2) is 0 Å². The van der Waals surface area contributed by atoms with Crippen molar-refractivity contribution in [1.82, 2.24) is 0 Å². The summed E-state index contributed by atoms with van der Waals surface area (Å²) in [6, 6.07) is 15.2. The zero-order valence-corrected chi connectivity index (χ0v) is 15.6. The monoisotopic (exact) mass is 361 g/mol. The fourth-order valence-corrected chi connectivity index (χ4v) is 2.38. The fourth-order valence-electron chi connectivity index (χ4n) is 2.25. The summed E-state index contributed by atoms with van der Waals surface area (Å²) in [4.78, 5) is 12.1. The Balaban J connectivity index is 1.96. The summed E-state index contributed by atoms with van der Waals surface area (Å²) in [7, 11) is 0. The van der Waals surface area contributed by atoms with E-state index in [-0.39, 0.29) is 5.97 Å². The maximum Gasteiger partial charge on any atom is 0.350 e. The Labute approximate surface area is 154 Å². The van der Waals surface area contributed by atoms with Gasteiger partial charge in [-0.3, -0.25) is 0 Å². The molecule has 2 aromatic rings. The number of rotatable bonds is 8. The van der Waals surface area contributed by atoms with Crippen LogP contribution in [-0.4, -0.2) is 18.2 Å². The van der Waals surface area contributed by atoms with Crippen molar-refractivity contribution >= 4 is 23.3 Å². The summed E-state index contributed by atoms with van der Waals surface area (Å²) < 4.78 is 11.0. The predicted molar refractivity (Wildman–Crippen MR) is 101 cm³/mol. The summed E-state index contributed by atoms with van der Waals surface area (Å²) in [6.07, 6.45) is 0.533. The van der Waals surface area contributed by atoms with E-state index in [1.54, 1.807) is 13.8 Å². The van der Waals surface area contributed by atoms with E-state index in [1.807, 2.05) is 55.5 Å². The molecule has 0 amide bonds. The topological polar surface area (TPSA) is 47.6 Å². The minimum Gasteiger partial charge on any atom is -0.476 e. The first kappa shape index (κ1) is 19.1. The van der Waals surface area contributed by atoms with E-state index >= 15 is 0 Å². The van der Waals surface area contributed by atoms with Crippen LogP contribution in [0.5, 0.6) is 5.75 Å². The molecule has 0 bridgehead atoms. The average molecular weight is 362 g/mol. The number of hydrogen-bond donors (Lipinski definition) is 1. The predicted octanol–water partition coefficient (Wildman–Crippen LogP) is 5.06. The van der Waals surface area contributed by atoms with E-state index in [9.17, 15) is 4.79 Å². The summed E-state index contributed by atoms with van der Waals surface area (Å²) in [5.74, 6) is 0.304. The number of benzene rings is 2. The lowest BCUT2D eigenvalue weighted by Crippen LogP contribution is -2.42. The second kappa shape index (κ2) is 8.77. The van der Waals surface area contributed by atoms with Gasteiger partial charge in [-0.1, -0.05) is 30.7 Å². The van der Waals surface area contributed by atoms with Crippen LogP contribution in [-0.2, 0) is 16.1 Å². The molecule has 0 fully saturated rings. The molecule has 0 aliphatic heterocycles. The lowest BCUT2D eigenvalue weighted by molar-refractivity contribution is -0.160. The smallest absolute Gasteiger partial charge is 0.350 e. The molecule has 4 nitrogen and oxygen atoms in total. The molecule has 1 atom stereocenters. The number of nitrogens with one attached hydrogen (secondary N) is 1. The molecule has 0 saturated heterocycles. The van der Waals surface area contributed by atoms with Gasteiger partial charge in [-0.15, -0.1) is 0 Å². The normalized spacial score (nSPS) is 13.0. The number of esters is 1. The molecular formula is C20H24ClNO3. The molecule has 134 valence electrons. The number of carbonyl (C=O) groups is 1. The standard InChI is InChI=1S/C20H24ClNO3/c1-4-20(3,19(23)24-5-2)25-18-12-6-15(7-13-18)14-22-17-10-8-16(21)9-11-17/h6-13,22H,4-5,14H2,1-3H3. The van der Waals surface area contributed by atoms with Crippen LogP contribution in [0.1, 0.15) is 32.8 Å². The quantitative estimate of drug-likeness (QED) is 0.667. The molecular weight excluding hydrogens is 338 g/mol. The Morgan fingerprint density at radius 2 is 1.72 bits per heavy atom. The molecule has 0 aliphatic rings. The van der Waals surface area contributed by atoms with Gasteiger partial charge in [-0.2, -0.15) is 0 Å². The first-order valence-corrected chi connectivity index (χ1v) is 8.79. The molecule has 0 heterocycles. The van der Waals surface area contributed by atoms with Crippen LogP contribution in [0, 0.1) is 0 Å². The molecule has 0 saturated carbocycles. The molecule has 25 heavy (non-hydrogen) atoms. The largest absolute Gasteiger partial charge is 0.476 e. The molecule has 0 spiro atoms. The number of carbonyl (C=O) groups excluding carboxylic acids is 1. The van der Waals surface area contributed by atoms with Crippen LogP contribution in [0.4, 0.5) is 5.69 Å². The van der Waals surface area contributed by atoms with E-state index in [0.29, 0.717) is 30.3 Å². The molecule has 5 heteroatoms. The van der Waals surface area contributed by atoms with E-state index in [0.717, 1.165) is 11.3 Å². The van der Waals surface area contributed by atoms with E-state index < -0.39 is 5.60 Å². The maximum atomic E-state index is 12.1. The van der Waals surface area contributed by atoms with Crippen LogP contribution >= 0.6 is 11.6 Å². The number of hydrogen-bond acceptors (Lipinski definition) is 4. The van der Waals surface area contributed by atoms with Crippen LogP contribution in [0.3, 0.4) is 0 Å². The summed E-state index contributed by atoms with van der Waals surface area (Å²) in [5, 5.41) is 4.04. The van der Waals surface area contributed by atoms with Crippen molar-refractivity contribution in [1.29, 1.82) is 0 Å². The van der Waals surface area contributed by atoms with Crippen molar-refractivity contribution in [2.45, 2.75) is 39.3 Å². The third-order valence-corrected chi connectivity index (χ3v) is 4.24. The van der Waals surface area contributed by atoms with Gasteiger partial charge in [0, 0.05) is 17.3 Å². The second-order valence-corrected chi connectivity index (χ2v) is 6.35. The van der Waals surface area contributed by atoms with Gasteiger partial charge in [-0.25, -0.2) is 4.79 Å². The molecule has 0 aliphatic carbocycles. The first-order valence-electron chi connectivity index (χ1n) is 8.41. The van der Waals surface area contributed by atoms with Crippen LogP contribution in [0.2, 0.25) is 5.02 Å². The fraction of sp³-hybridized carbons (Fsp3) is 0.350. The molecule has 0 radical (unpaired) electrons. The Bertz CT molecular complexity index is 685. The summed E-state index contributed by atoms with van der Waals surface area (Å²) in [5.41, 5.74) is 1.14. The average Bonchev–Trinajstić information content (AvgIpc) is 2.62. The van der Waals surface area contributed by atoms with E-state index in [2.05, 4.69) is 5.32 Å². The number of halogens is 1. The van der Waals surface area contributed by atoms with Gasteiger partial charge in [0.1, 0.15) is 5.75 Å². The van der Waals surface area contributed by atoms with Crippen molar-refractivity contribution in [3.8, 4) is 5.75 Å². The van der Waals surface area contributed by atoms with Gasteiger partial charge >= 0.3 is 5.97 Å². The Hall–Kier alpha value is -2.20. The van der Waals surface area contributed by atoms with Gasteiger partial charge in [-0.05, 0) is 62.2 Å². The van der Waals surface area contributed by atoms with Crippen LogP contribution in [0.25, 0.3) is 0 Å². The minimum absolute atomic E-state index is 0.340. The van der Waals surface area contributed by atoms with Crippen LogP contribution < -0.4 is 10.1 Å². The Morgan fingerprint density at radius 3 is 2.28 bits per heavy atom. The van der Waals surface area contributed by atoms with Crippen molar-refractivity contribution < 1.29 is 14.3 Å². The molecule has 2 aromatic carbocycles. The van der Waals surface area contributed by atoms with E-state index in [4.69, 9.17) is 21.1 Å². The summed E-state index contributed by atoms with van der Waals surface area (Å²) >= 11 is 5.88. The lowest BCUT2D eigenvalue weighted by atomic mass is 10.0. The zero-order chi connectivity index (χ0) is 18.3. The maximum absolute atomic E-state index is 12.1. The Kier molecular flexibility index (Phi) is 6.71. The highest BCUT2D eigenvalue weighted by Gasteiger charge is 2.35. The highest BCUT2D eigenvalue weighted by atomic mass is 35.5. The highest BCUT2D eigenvalue weighted by molar-refractivity contribution is 6.30. The molecule has 1 N–H and O–H groups in total. The second-order valence-electron chi connectivity index (χ2n) is 5.91.